The molecule has 0 unspecified atom stereocenters. The van der Waals surface area contributed by atoms with Gasteiger partial charge in [0.15, 0.2) is 0 Å². The van der Waals surface area contributed by atoms with Gasteiger partial charge in [0.25, 0.3) is 5.56 Å². The number of nitrogens with zero attached hydrogens (tertiary/aromatic N) is 4. The predicted octanol–water partition coefficient (Wildman–Crippen LogP) is 0.795. The van der Waals surface area contributed by atoms with Crippen molar-refractivity contribution < 1.29 is 0 Å². The van der Waals surface area contributed by atoms with Gasteiger partial charge in [-0.25, -0.2) is 4.98 Å². The van der Waals surface area contributed by atoms with Gasteiger partial charge in [0.05, 0.1) is 6.20 Å². The molecule has 0 aliphatic heterocycles. The van der Waals surface area contributed by atoms with Crippen LogP contribution >= 0.6 is 11.3 Å². The number of rotatable bonds is 3. The predicted molar refractivity (Wildman–Crippen MR) is 67.8 cm³/mol. The number of H-pyrrole nitrogens is 1. The highest BCUT2D eigenvalue weighted by molar-refractivity contribution is 7.20. The van der Waals surface area contributed by atoms with Crippen molar-refractivity contribution in [3.63, 3.8) is 0 Å². The maximum atomic E-state index is 11.5. The maximum absolute atomic E-state index is 11.5. The molecule has 0 aromatic carbocycles. The molecule has 0 aliphatic rings. The van der Waals surface area contributed by atoms with E-state index in [9.17, 15) is 4.79 Å². The summed E-state index contributed by atoms with van der Waals surface area (Å²) in [5.41, 5.74) is 1.90. The molecule has 0 amide bonds. The molecular weight excluding hydrogens is 252 g/mol. The molecule has 0 aliphatic carbocycles. The Labute approximate surface area is 106 Å². The van der Waals surface area contributed by atoms with Gasteiger partial charge in [-0.05, 0) is 6.92 Å². The van der Waals surface area contributed by atoms with Crippen LogP contribution in [-0.4, -0.2) is 24.8 Å². The molecule has 18 heavy (non-hydrogen) atoms. The third-order valence-electron chi connectivity index (χ3n) is 2.54. The molecular formula is C10H10N6OS. The van der Waals surface area contributed by atoms with E-state index >= 15 is 0 Å². The van der Waals surface area contributed by atoms with Gasteiger partial charge in [-0.15, -0.1) is 5.10 Å². The van der Waals surface area contributed by atoms with E-state index in [1.54, 1.807) is 6.20 Å². The Kier molecular flexibility index (Phi) is 2.56. The molecule has 3 aromatic rings. The van der Waals surface area contributed by atoms with Crippen molar-refractivity contribution in [1.82, 2.24) is 24.8 Å². The second-order valence-electron chi connectivity index (χ2n) is 3.76. The van der Waals surface area contributed by atoms with Crippen LogP contribution in [-0.2, 0) is 6.54 Å². The van der Waals surface area contributed by atoms with Crippen LogP contribution in [0.25, 0.3) is 4.96 Å². The largest absolute Gasteiger partial charge is 0.356 e. The lowest BCUT2D eigenvalue weighted by Crippen LogP contribution is -2.12. The van der Waals surface area contributed by atoms with Crippen molar-refractivity contribution in [2.45, 2.75) is 13.5 Å². The van der Waals surface area contributed by atoms with Gasteiger partial charge in [0, 0.05) is 30.1 Å². The van der Waals surface area contributed by atoms with E-state index in [1.807, 2.05) is 6.92 Å². The van der Waals surface area contributed by atoms with Crippen molar-refractivity contribution in [1.29, 1.82) is 0 Å². The number of fused-ring (bicyclic) bond motifs is 1. The van der Waals surface area contributed by atoms with Gasteiger partial charge in [0.2, 0.25) is 10.1 Å². The molecule has 92 valence electrons. The van der Waals surface area contributed by atoms with Crippen molar-refractivity contribution in [3.05, 3.63) is 40.1 Å². The van der Waals surface area contributed by atoms with Crippen LogP contribution in [0.1, 0.15) is 11.3 Å². The normalized spacial score (nSPS) is 10.9. The average Bonchev–Trinajstić information content (AvgIpc) is 2.93. The van der Waals surface area contributed by atoms with Gasteiger partial charge in [-0.1, -0.05) is 11.3 Å². The molecule has 3 heterocycles. The summed E-state index contributed by atoms with van der Waals surface area (Å²) >= 11 is 1.34. The second kappa shape index (κ2) is 4.22. The minimum absolute atomic E-state index is 0.177. The smallest absolute Gasteiger partial charge is 0.275 e. The fraction of sp³-hybridized carbons (Fsp3) is 0.200. The lowest BCUT2D eigenvalue weighted by Gasteiger charge is -1.99. The van der Waals surface area contributed by atoms with Crippen LogP contribution in [0, 0.1) is 6.92 Å². The minimum Gasteiger partial charge on any atom is -0.356 e. The number of anilines is 1. The fourth-order valence-electron chi connectivity index (χ4n) is 1.54. The van der Waals surface area contributed by atoms with E-state index < -0.39 is 0 Å². The molecule has 3 rings (SSSR count). The molecule has 0 saturated heterocycles. The van der Waals surface area contributed by atoms with Gasteiger partial charge >= 0.3 is 0 Å². The molecule has 0 radical (unpaired) electrons. The molecule has 0 bridgehead atoms. The quantitative estimate of drug-likeness (QED) is 0.728. The van der Waals surface area contributed by atoms with Crippen molar-refractivity contribution in [2.24, 2.45) is 0 Å². The Morgan fingerprint density at radius 3 is 3.17 bits per heavy atom. The van der Waals surface area contributed by atoms with Gasteiger partial charge in [0.1, 0.15) is 0 Å². The monoisotopic (exact) mass is 262 g/mol. The number of hydrogen-bond acceptors (Lipinski definition) is 6. The Morgan fingerprint density at radius 1 is 1.56 bits per heavy atom. The summed E-state index contributed by atoms with van der Waals surface area (Å²) in [5, 5.41) is 14.8. The van der Waals surface area contributed by atoms with Gasteiger partial charge in [-0.2, -0.15) is 9.61 Å². The molecule has 0 atom stereocenters. The van der Waals surface area contributed by atoms with Crippen LogP contribution < -0.4 is 10.9 Å². The number of aryl methyl sites for hydroxylation is 1. The van der Waals surface area contributed by atoms with Crippen molar-refractivity contribution in [3.8, 4) is 0 Å². The molecule has 0 fully saturated rings. The summed E-state index contributed by atoms with van der Waals surface area (Å²) < 4.78 is 1.29. The lowest BCUT2D eigenvalue weighted by molar-refractivity contribution is 0.895. The van der Waals surface area contributed by atoms with E-state index in [1.165, 1.54) is 28.1 Å². The maximum Gasteiger partial charge on any atom is 0.275 e. The van der Waals surface area contributed by atoms with Crippen molar-refractivity contribution in [2.75, 3.05) is 5.32 Å². The summed E-state index contributed by atoms with van der Waals surface area (Å²) in [7, 11) is 0. The fourth-order valence-corrected chi connectivity index (χ4v) is 2.31. The Balaban J connectivity index is 1.85. The Hall–Kier alpha value is -2.22. The zero-order chi connectivity index (χ0) is 12.5. The van der Waals surface area contributed by atoms with Crippen LogP contribution in [0.4, 0.5) is 5.13 Å². The third kappa shape index (κ3) is 1.86. The first-order valence-electron chi connectivity index (χ1n) is 5.31. The van der Waals surface area contributed by atoms with Gasteiger partial charge in [-0.3, -0.25) is 9.89 Å². The van der Waals surface area contributed by atoms with Crippen LogP contribution in [0.2, 0.25) is 0 Å². The molecule has 2 N–H and O–H groups in total. The van der Waals surface area contributed by atoms with E-state index in [0.717, 1.165) is 11.3 Å². The molecule has 8 heteroatoms. The summed E-state index contributed by atoms with van der Waals surface area (Å²) in [6.45, 7) is 2.56. The standard InChI is InChI=1S/C10H10N6OS/c1-6-7(5-13-14-6)4-12-9-15-16-8(17)2-3-11-10(16)18-9/h2-3,5H,4H2,1H3,(H,12,15)(H,13,14). The summed E-state index contributed by atoms with van der Waals surface area (Å²) in [6, 6.07) is 1.39. The molecule has 0 saturated carbocycles. The number of nitrogens with one attached hydrogen (secondary N) is 2. The Morgan fingerprint density at radius 2 is 2.44 bits per heavy atom. The first kappa shape index (κ1) is 10.9. The summed E-state index contributed by atoms with van der Waals surface area (Å²) in [4.78, 5) is 16.2. The molecule has 3 aromatic heterocycles. The number of aromatic amines is 1. The van der Waals surface area contributed by atoms with E-state index in [4.69, 9.17) is 0 Å². The van der Waals surface area contributed by atoms with Crippen molar-refractivity contribution >= 4 is 21.4 Å². The molecule has 0 spiro atoms. The van der Waals surface area contributed by atoms with E-state index in [0.29, 0.717) is 16.6 Å². The summed E-state index contributed by atoms with van der Waals surface area (Å²) in [6.07, 6.45) is 3.25. The number of hydrogen-bond donors (Lipinski definition) is 2. The van der Waals surface area contributed by atoms with Crippen LogP contribution in [0.15, 0.2) is 23.3 Å². The highest BCUT2D eigenvalue weighted by Crippen LogP contribution is 2.16. The highest BCUT2D eigenvalue weighted by atomic mass is 32.1. The van der Waals surface area contributed by atoms with E-state index in [-0.39, 0.29) is 5.56 Å². The summed E-state index contributed by atoms with van der Waals surface area (Å²) in [5.74, 6) is 0. The zero-order valence-electron chi connectivity index (χ0n) is 9.54. The minimum atomic E-state index is -0.177. The third-order valence-corrected chi connectivity index (χ3v) is 3.42. The van der Waals surface area contributed by atoms with Crippen LogP contribution in [0.3, 0.4) is 0 Å². The second-order valence-corrected chi connectivity index (χ2v) is 4.71. The van der Waals surface area contributed by atoms with E-state index in [2.05, 4.69) is 25.6 Å². The first-order valence-corrected chi connectivity index (χ1v) is 6.13. The van der Waals surface area contributed by atoms with Crippen LogP contribution in [0.5, 0.6) is 0 Å². The Bertz CT molecular complexity index is 742. The SMILES string of the molecule is Cc1[nH]ncc1CNc1nn2c(=O)ccnc2s1. The highest BCUT2D eigenvalue weighted by Gasteiger charge is 2.06. The first-order chi connectivity index (χ1) is 8.74. The number of aromatic nitrogens is 5. The average molecular weight is 262 g/mol. The lowest BCUT2D eigenvalue weighted by atomic mass is 10.3. The van der Waals surface area contributed by atoms with Gasteiger partial charge < -0.3 is 5.32 Å². The molecule has 7 nitrogen and oxygen atoms in total. The topological polar surface area (TPSA) is 88.0 Å². The zero-order valence-corrected chi connectivity index (χ0v) is 10.4.